The van der Waals surface area contributed by atoms with Gasteiger partial charge in [-0.15, -0.1) is 12.4 Å². The Labute approximate surface area is 151 Å². The summed E-state index contributed by atoms with van der Waals surface area (Å²) in [6, 6.07) is 9.91. The predicted molar refractivity (Wildman–Crippen MR) is 97.5 cm³/mol. The van der Waals surface area contributed by atoms with Crippen molar-refractivity contribution < 1.29 is 9.53 Å². The number of rotatable bonds is 3. The van der Waals surface area contributed by atoms with E-state index >= 15 is 0 Å². The quantitative estimate of drug-likeness (QED) is 0.781. The first-order valence-corrected chi connectivity index (χ1v) is 9.09. The molecule has 5 unspecified atom stereocenters. The third kappa shape index (κ3) is 2.24. The van der Waals surface area contributed by atoms with Gasteiger partial charge >= 0.3 is 5.97 Å². The van der Waals surface area contributed by atoms with Gasteiger partial charge in [0.05, 0.1) is 12.5 Å². The number of hydrogen-bond acceptors (Lipinski definition) is 3. The van der Waals surface area contributed by atoms with E-state index in [2.05, 4.69) is 43.1 Å². The van der Waals surface area contributed by atoms with Gasteiger partial charge in [0.2, 0.25) is 0 Å². The summed E-state index contributed by atoms with van der Waals surface area (Å²) in [6.07, 6.45) is 4.40. The van der Waals surface area contributed by atoms with Crippen LogP contribution in [0.1, 0.15) is 44.2 Å². The van der Waals surface area contributed by atoms with Gasteiger partial charge in [-0.1, -0.05) is 31.2 Å². The molecule has 4 bridgehead atoms. The first kappa shape index (κ1) is 17.8. The lowest BCUT2D eigenvalue weighted by Gasteiger charge is -2.64. The lowest BCUT2D eigenvalue weighted by atomic mass is 9.48. The summed E-state index contributed by atoms with van der Waals surface area (Å²) in [5, 5.41) is 0. The monoisotopic (exact) mass is 349 g/mol. The van der Waals surface area contributed by atoms with Crippen LogP contribution in [0.15, 0.2) is 24.3 Å². The second-order valence-corrected chi connectivity index (χ2v) is 7.58. The van der Waals surface area contributed by atoms with E-state index in [9.17, 15) is 4.79 Å². The van der Waals surface area contributed by atoms with Crippen LogP contribution in [0.25, 0.3) is 0 Å². The maximum Gasteiger partial charge on any atom is 0.310 e. The molecule has 2 aliphatic heterocycles. The first-order chi connectivity index (χ1) is 11.1. The molecular weight excluding hydrogens is 322 g/mol. The van der Waals surface area contributed by atoms with E-state index in [0.717, 1.165) is 19.3 Å². The molecule has 5 rings (SSSR count). The lowest BCUT2D eigenvalue weighted by Crippen LogP contribution is -2.69. The zero-order valence-corrected chi connectivity index (χ0v) is 15.6. The fourth-order valence-electron chi connectivity index (χ4n) is 5.91. The van der Waals surface area contributed by atoms with Gasteiger partial charge in [-0.05, 0) is 56.7 Å². The minimum absolute atomic E-state index is 0. The van der Waals surface area contributed by atoms with Crippen molar-refractivity contribution in [2.24, 2.45) is 11.8 Å². The molecule has 2 saturated heterocycles. The standard InChI is InChI=1S/C20H27NO2.ClH/c1-4-20-12-18-14(19(22)23-5-2)11-16(20)17(21(18)3)10-13-8-6-7-9-15(13)20;/h6-9,14,16-18H,4-5,10-12H2,1-3H3;1H. The van der Waals surface area contributed by atoms with Crippen molar-refractivity contribution in [3.05, 3.63) is 35.4 Å². The van der Waals surface area contributed by atoms with E-state index in [1.807, 2.05) is 6.92 Å². The van der Waals surface area contributed by atoms with Gasteiger partial charge in [-0.25, -0.2) is 0 Å². The first-order valence-electron chi connectivity index (χ1n) is 9.09. The van der Waals surface area contributed by atoms with Crippen LogP contribution in [0.4, 0.5) is 0 Å². The van der Waals surface area contributed by atoms with Crippen LogP contribution in [-0.4, -0.2) is 36.6 Å². The van der Waals surface area contributed by atoms with Crippen LogP contribution >= 0.6 is 12.4 Å². The zero-order valence-electron chi connectivity index (χ0n) is 14.8. The topological polar surface area (TPSA) is 29.5 Å². The van der Waals surface area contributed by atoms with Crippen molar-refractivity contribution in [2.75, 3.05) is 13.7 Å². The number of benzene rings is 1. The Morgan fingerprint density at radius 3 is 2.75 bits per heavy atom. The molecule has 0 spiro atoms. The molecule has 0 radical (unpaired) electrons. The van der Waals surface area contributed by atoms with Crippen molar-refractivity contribution in [2.45, 2.75) is 57.0 Å². The Balaban J connectivity index is 0.00000169. The van der Waals surface area contributed by atoms with Crippen molar-refractivity contribution in [1.29, 1.82) is 0 Å². The normalized spacial score (nSPS) is 36.6. The lowest BCUT2D eigenvalue weighted by molar-refractivity contribution is -0.165. The van der Waals surface area contributed by atoms with Crippen molar-refractivity contribution in [1.82, 2.24) is 4.90 Å². The number of likely N-dealkylation sites (N-methyl/N-ethyl adjacent to an activating group) is 1. The van der Waals surface area contributed by atoms with Gasteiger partial charge in [0, 0.05) is 17.5 Å². The number of nitrogens with zero attached hydrogens (tertiary/aromatic N) is 1. The molecule has 4 aliphatic rings. The Bertz CT molecular complexity index is 634. The maximum atomic E-state index is 12.4. The van der Waals surface area contributed by atoms with Crippen LogP contribution in [-0.2, 0) is 21.4 Å². The smallest absolute Gasteiger partial charge is 0.310 e. The van der Waals surface area contributed by atoms with E-state index in [4.69, 9.17) is 4.74 Å². The number of ether oxygens (including phenoxy) is 1. The molecule has 1 aromatic rings. The van der Waals surface area contributed by atoms with E-state index in [0.29, 0.717) is 24.6 Å². The molecule has 24 heavy (non-hydrogen) atoms. The number of fused-ring (bicyclic) bond motifs is 2. The Morgan fingerprint density at radius 2 is 2.04 bits per heavy atom. The second-order valence-electron chi connectivity index (χ2n) is 7.58. The maximum absolute atomic E-state index is 12.4. The highest BCUT2D eigenvalue weighted by molar-refractivity contribution is 5.85. The van der Waals surface area contributed by atoms with Gasteiger partial charge < -0.3 is 4.74 Å². The summed E-state index contributed by atoms with van der Waals surface area (Å²) >= 11 is 0. The minimum atomic E-state index is 0. The Kier molecular flexibility index (Phi) is 4.69. The van der Waals surface area contributed by atoms with E-state index in [1.165, 1.54) is 12.0 Å². The summed E-state index contributed by atoms with van der Waals surface area (Å²) in [5.41, 5.74) is 3.35. The molecule has 2 heterocycles. The number of piperidine rings is 2. The van der Waals surface area contributed by atoms with Gasteiger partial charge in [-0.2, -0.15) is 0 Å². The minimum Gasteiger partial charge on any atom is -0.466 e. The van der Waals surface area contributed by atoms with Crippen LogP contribution in [0.3, 0.4) is 0 Å². The van der Waals surface area contributed by atoms with E-state index in [-0.39, 0.29) is 29.7 Å². The highest BCUT2D eigenvalue weighted by Crippen LogP contribution is 2.59. The average Bonchev–Trinajstić information content (AvgIpc) is 2.58. The summed E-state index contributed by atoms with van der Waals surface area (Å²) in [7, 11) is 2.22. The number of halogens is 1. The predicted octanol–water partition coefficient (Wildman–Crippen LogP) is 3.58. The summed E-state index contributed by atoms with van der Waals surface area (Å²) < 4.78 is 5.37. The van der Waals surface area contributed by atoms with Gasteiger partial charge in [0.1, 0.15) is 0 Å². The molecule has 1 aromatic carbocycles. The van der Waals surface area contributed by atoms with Gasteiger partial charge in [-0.3, -0.25) is 9.69 Å². The molecule has 0 N–H and O–H groups in total. The van der Waals surface area contributed by atoms with Crippen LogP contribution in [0, 0.1) is 11.8 Å². The van der Waals surface area contributed by atoms with Crippen molar-refractivity contribution in [3.63, 3.8) is 0 Å². The average molecular weight is 350 g/mol. The van der Waals surface area contributed by atoms with Crippen LogP contribution < -0.4 is 0 Å². The molecular formula is C20H28ClNO2. The number of hydrogen-bond donors (Lipinski definition) is 0. The molecule has 5 atom stereocenters. The summed E-state index contributed by atoms with van der Waals surface area (Å²) in [5.74, 6) is 0.657. The SMILES string of the molecule is CCOC(=O)C1CC2C3Cc4ccccc4C2(CC)CC1N3C.Cl. The number of carbonyl (C=O) groups is 1. The summed E-state index contributed by atoms with van der Waals surface area (Å²) in [4.78, 5) is 14.9. The number of carbonyl (C=O) groups excluding carboxylic acids is 1. The fraction of sp³-hybridized carbons (Fsp3) is 0.650. The Hall–Kier alpha value is -1.06. The highest BCUT2D eigenvalue weighted by Gasteiger charge is 2.61. The molecule has 2 aliphatic carbocycles. The second kappa shape index (κ2) is 6.34. The van der Waals surface area contributed by atoms with Crippen LogP contribution in [0.2, 0.25) is 0 Å². The molecule has 0 aromatic heterocycles. The third-order valence-corrected chi connectivity index (χ3v) is 6.97. The van der Waals surface area contributed by atoms with Gasteiger partial charge in [0.25, 0.3) is 0 Å². The Morgan fingerprint density at radius 1 is 1.29 bits per heavy atom. The molecule has 1 saturated carbocycles. The summed E-state index contributed by atoms with van der Waals surface area (Å²) in [6.45, 7) is 4.72. The third-order valence-electron chi connectivity index (χ3n) is 6.97. The molecule has 4 heteroatoms. The highest BCUT2D eigenvalue weighted by atomic mass is 35.5. The van der Waals surface area contributed by atoms with Gasteiger partial charge in [0.15, 0.2) is 0 Å². The number of esters is 1. The molecule has 3 nitrogen and oxygen atoms in total. The fourth-order valence-corrected chi connectivity index (χ4v) is 5.91. The van der Waals surface area contributed by atoms with E-state index < -0.39 is 0 Å². The largest absolute Gasteiger partial charge is 0.466 e. The van der Waals surface area contributed by atoms with Crippen LogP contribution in [0.5, 0.6) is 0 Å². The molecule has 132 valence electrons. The molecule has 0 amide bonds. The van der Waals surface area contributed by atoms with Crippen molar-refractivity contribution >= 4 is 18.4 Å². The zero-order chi connectivity index (χ0) is 16.2. The van der Waals surface area contributed by atoms with E-state index in [1.54, 1.807) is 5.56 Å². The molecule has 3 fully saturated rings. The van der Waals surface area contributed by atoms with Crippen molar-refractivity contribution in [3.8, 4) is 0 Å².